The second-order valence-corrected chi connectivity index (χ2v) is 8.08. The van der Waals surface area contributed by atoms with Crippen molar-refractivity contribution in [3.05, 3.63) is 41.2 Å². The molecular weight excluding hydrogens is 399 g/mol. The number of halogens is 3. The summed E-state index contributed by atoms with van der Waals surface area (Å²) in [6, 6.07) is 1.35. The van der Waals surface area contributed by atoms with Gasteiger partial charge in [0, 0.05) is 57.2 Å². The molecule has 0 saturated carbocycles. The van der Waals surface area contributed by atoms with Gasteiger partial charge >= 0.3 is 6.18 Å². The molecule has 4 atom stereocenters. The molecule has 1 aromatic heterocycles. The van der Waals surface area contributed by atoms with E-state index in [2.05, 4.69) is 10.3 Å². The highest BCUT2D eigenvalue weighted by Crippen LogP contribution is 2.32. The van der Waals surface area contributed by atoms with Gasteiger partial charge in [0.05, 0.1) is 24.2 Å². The van der Waals surface area contributed by atoms with Gasteiger partial charge in [-0.2, -0.15) is 13.2 Å². The van der Waals surface area contributed by atoms with Crippen LogP contribution in [0.4, 0.5) is 13.2 Å². The minimum Gasteiger partial charge on any atom is -0.379 e. The summed E-state index contributed by atoms with van der Waals surface area (Å²) in [5.41, 5.74) is 0.342. The van der Waals surface area contributed by atoms with Crippen molar-refractivity contribution in [1.29, 1.82) is 0 Å². The standard InChI is InChI=1S/C21H26F3N3O3/c1-29-19-12-30-7-5-18(19)26-16-3-2-13(9-16)20(28)27-6-4-17-14(11-27)8-15(10-25-17)21(22,23)24/h2-3,8,10,13,16,18-19,26H,4-7,9,11-12H2,1H3/t13-,16+,18?,19?/m0/s1. The first-order chi connectivity index (χ1) is 14.3. The van der Waals surface area contributed by atoms with Gasteiger partial charge in [-0.25, -0.2) is 0 Å². The van der Waals surface area contributed by atoms with Gasteiger partial charge in [-0.1, -0.05) is 12.2 Å². The number of hydrogen-bond donors (Lipinski definition) is 1. The lowest BCUT2D eigenvalue weighted by molar-refractivity contribution is -0.137. The number of aromatic nitrogens is 1. The summed E-state index contributed by atoms with van der Waals surface area (Å²) in [5, 5.41) is 3.55. The van der Waals surface area contributed by atoms with Crippen molar-refractivity contribution in [2.75, 3.05) is 26.9 Å². The third kappa shape index (κ3) is 4.53. The normalized spacial score (nSPS) is 29.1. The number of fused-ring (bicyclic) bond motifs is 1. The van der Waals surface area contributed by atoms with E-state index < -0.39 is 11.7 Å². The molecule has 2 aliphatic heterocycles. The Balaban J connectivity index is 1.36. The van der Waals surface area contributed by atoms with Crippen molar-refractivity contribution in [2.45, 2.75) is 50.2 Å². The van der Waals surface area contributed by atoms with E-state index in [1.807, 2.05) is 12.2 Å². The topological polar surface area (TPSA) is 63.7 Å². The number of carbonyl (C=O) groups is 1. The Morgan fingerprint density at radius 3 is 2.97 bits per heavy atom. The first-order valence-corrected chi connectivity index (χ1v) is 10.2. The van der Waals surface area contributed by atoms with E-state index in [-0.39, 0.29) is 36.6 Å². The van der Waals surface area contributed by atoms with Crippen LogP contribution in [0.25, 0.3) is 0 Å². The largest absolute Gasteiger partial charge is 0.417 e. The molecule has 0 radical (unpaired) electrons. The molecule has 6 nitrogen and oxygen atoms in total. The van der Waals surface area contributed by atoms with Crippen LogP contribution in [0.5, 0.6) is 0 Å². The number of amides is 1. The van der Waals surface area contributed by atoms with Crippen LogP contribution in [-0.4, -0.2) is 60.8 Å². The summed E-state index contributed by atoms with van der Waals surface area (Å²) in [5.74, 6) is -0.322. The molecule has 4 rings (SSSR count). The maximum absolute atomic E-state index is 13.0. The molecular formula is C21H26F3N3O3. The Morgan fingerprint density at radius 2 is 2.20 bits per heavy atom. The van der Waals surface area contributed by atoms with E-state index in [0.29, 0.717) is 43.9 Å². The molecule has 1 aliphatic carbocycles. The molecule has 3 aliphatic rings. The molecule has 1 N–H and O–H groups in total. The minimum atomic E-state index is -4.44. The number of methoxy groups -OCH3 is 1. The van der Waals surface area contributed by atoms with Gasteiger partial charge in [0.25, 0.3) is 0 Å². The SMILES string of the molecule is COC1COCCC1N[C@@H]1C=C[C@H](C(=O)N2CCc3ncc(C(F)(F)F)cc3C2)C1. The number of carbonyl (C=O) groups excluding carboxylic acids is 1. The first kappa shape index (κ1) is 21.3. The fraction of sp³-hybridized carbons (Fsp3) is 0.619. The second kappa shape index (κ2) is 8.64. The summed E-state index contributed by atoms with van der Waals surface area (Å²) >= 11 is 0. The zero-order valence-corrected chi connectivity index (χ0v) is 16.8. The molecule has 0 bridgehead atoms. The number of nitrogens with one attached hydrogen (secondary N) is 1. The molecule has 30 heavy (non-hydrogen) atoms. The van der Waals surface area contributed by atoms with Crippen LogP contribution >= 0.6 is 0 Å². The molecule has 0 aromatic carbocycles. The lowest BCUT2D eigenvalue weighted by atomic mass is 9.99. The lowest BCUT2D eigenvalue weighted by Gasteiger charge is -2.33. The summed E-state index contributed by atoms with van der Waals surface area (Å²) in [6.45, 7) is 1.86. The van der Waals surface area contributed by atoms with Gasteiger partial charge in [-0.05, 0) is 24.5 Å². The second-order valence-electron chi connectivity index (χ2n) is 8.08. The fourth-order valence-electron chi connectivity index (χ4n) is 4.42. The Bertz CT molecular complexity index is 814. The Kier molecular flexibility index (Phi) is 6.13. The summed E-state index contributed by atoms with van der Waals surface area (Å²) in [4.78, 5) is 18.6. The molecule has 1 fully saturated rings. The average molecular weight is 425 g/mol. The molecule has 1 saturated heterocycles. The fourth-order valence-corrected chi connectivity index (χ4v) is 4.42. The van der Waals surface area contributed by atoms with Crippen LogP contribution < -0.4 is 5.32 Å². The number of nitrogens with zero attached hydrogens (tertiary/aromatic N) is 2. The number of rotatable bonds is 4. The van der Waals surface area contributed by atoms with Crippen molar-refractivity contribution < 1.29 is 27.4 Å². The van der Waals surface area contributed by atoms with E-state index in [4.69, 9.17) is 9.47 Å². The first-order valence-electron chi connectivity index (χ1n) is 10.2. The number of alkyl halides is 3. The Labute approximate surface area is 173 Å². The predicted octanol–water partition coefficient (Wildman–Crippen LogP) is 2.32. The monoisotopic (exact) mass is 425 g/mol. The molecule has 3 heterocycles. The molecule has 1 aromatic rings. The Hall–Kier alpha value is -1.97. The van der Waals surface area contributed by atoms with Crippen LogP contribution in [0, 0.1) is 5.92 Å². The zero-order chi connectivity index (χ0) is 21.3. The third-order valence-corrected chi connectivity index (χ3v) is 6.11. The quantitative estimate of drug-likeness (QED) is 0.751. The van der Waals surface area contributed by atoms with Crippen LogP contribution in [0.15, 0.2) is 24.4 Å². The highest BCUT2D eigenvalue weighted by Gasteiger charge is 2.35. The maximum atomic E-state index is 13.0. The number of hydrogen-bond acceptors (Lipinski definition) is 5. The molecule has 164 valence electrons. The van der Waals surface area contributed by atoms with E-state index in [0.717, 1.165) is 18.7 Å². The maximum Gasteiger partial charge on any atom is 0.417 e. The van der Waals surface area contributed by atoms with Gasteiger partial charge in [-0.15, -0.1) is 0 Å². The lowest BCUT2D eigenvalue weighted by Crippen LogP contribution is -2.50. The van der Waals surface area contributed by atoms with E-state index >= 15 is 0 Å². The van der Waals surface area contributed by atoms with Crippen molar-refractivity contribution in [3.8, 4) is 0 Å². The van der Waals surface area contributed by atoms with E-state index in [9.17, 15) is 18.0 Å². The highest BCUT2D eigenvalue weighted by molar-refractivity contribution is 5.81. The van der Waals surface area contributed by atoms with Crippen LogP contribution in [0.3, 0.4) is 0 Å². The van der Waals surface area contributed by atoms with Crippen molar-refractivity contribution in [3.63, 3.8) is 0 Å². The molecule has 0 spiro atoms. The summed E-state index contributed by atoms with van der Waals surface area (Å²) < 4.78 is 49.9. The highest BCUT2D eigenvalue weighted by atomic mass is 19.4. The van der Waals surface area contributed by atoms with Crippen LogP contribution in [0.2, 0.25) is 0 Å². The smallest absolute Gasteiger partial charge is 0.379 e. The van der Waals surface area contributed by atoms with Gasteiger partial charge in [0.2, 0.25) is 5.91 Å². The minimum absolute atomic E-state index is 0.0178. The Morgan fingerprint density at radius 1 is 1.37 bits per heavy atom. The van der Waals surface area contributed by atoms with Gasteiger partial charge in [0.15, 0.2) is 0 Å². The van der Waals surface area contributed by atoms with Crippen molar-refractivity contribution in [1.82, 2.24) is 15.2 Å². The zero-order valence-electron chi connectivity index (χ0n) is 16.8. The predicted molar refractivity (Wildman–Crippen MR) is 103 cm³/mol. The van der Waals surface area contributed by atoms with Crippen LogP contribution in [-0.2, 0) is 33.4 Å². The summed E-state index contributed by atoms with van der Waals surface area (Å²) in [6.07, 6.45) is 2.27. The summed E-state index contributed by atoms with van der Waals surface area (Å²) in [7, 11) is 1.66. The van der Waals surface area contributed by atoms with E-state index in [1.54, 1.807) is 12.0 Å². The molecule has 1 amide bonds. The molecule has 9 heteroatoms. The molecule has 2 unspecified atom stereocenters. The number of ether oxygens (including phenoxy) is 2. The van der Waals surface area contributed by atoms with Gasteiger partial charge < -0.3 is 19.7 Å². The average Bonchev–Trinajstić information content (AvgIpc) is 3.20. The third-order valence-electron chi connectivity index (χ3n) is 6.11. The van der Waals surface area contributed by atoms with Crippen molar-refractivity contribution >= 4 is 5.91 Å². The van der Waals surface area contributed by atoms with Crippen LogP contribution in [0.1, 0.15) is 29.7 Å². The number of pyridine rings is 1. The van der Waals surface area contributed by atoms with E-state index in [1.165, 1.54) is 0 Å². The van der Waals surface area contributed by atoms with Gasteiger partial charge in [-0.3, -0.25) is 9.78 Å². The van der Waals surface area contributed by atoms with Crippen molar-refractivity contribution in [2.24, 2.45) is 5.92 Å². The van der Waals surface area contributed by atoms with Gasteiger partial charge in [0.1, 0.15) is 0 Å².